The summed E-state index contributed by atoms with van der Waals surface area (Å²) in [6.07, 6.45) is 0. The van der Waals surface area contributed by atoms with Gasteiger partial charge in [-0.15, -0.1) is 0 Å². The molecular formula is C16H28N4O2. The first kappa shape index (κ1) is 18.3. The van der Waals surface area contributed by atoms with Crippen LogP contribution in [0.5, 0.6) is 5.75 Å². The molecule has 0 radical (unpaired) electrons. The molecule has 1 rings (SSSR count). The van der Waals surface area contributed by atoms with Crippen molar-refractivity contribution in [2.75, 3.05) is 41.5 Å². The van der Waals surface area contributed by atoms with Gasteiger partial charge in [0.25, 0.3) is 0 Å². The molecule has 0 spiro atoms. The van der Waals surface area contributed by atoms with E-state index in [1.807, 2.05) is 33.2 Å². The highest BCUT2D eigenvalue weighted by atomic mass is 16.5. The Morgan fingerprint density at radius 2 is 1.91 bits per heavy atom. The zero-order chi connectivity index (χ0) is 16.5. The number of hydrogen-bond acceptors (Lipinski definition) is 4. The first-order valence-electron chi connectivity index (χ1n) is 7.33. The van der Waals surface area contributed by atoms with Crippen LogP contribution in [0.4, 0.5) is 0 Å². The molecule has 0 aliphatic carbocycles. The van der Waals surface area contributed by atoms with Crippen LogP contribution < -0.4 is 15.8 Å². The molecule has 1 aromatic carbocycles. The van der Waals surface area contributed by atoms with Crippen LogP contribution in [0, 0.1) is 0 Å². The molecule has 0 heterocycles. The Labute approximate surface area is 133 Å². The Bertz CT molecular complexity index is 460. The molecule has 6 heteroatoms. The average molecular weight is 308 g/mol. The lowest BCUT2D eigenvalue weighted by Gasteiger charge is -2.23. The minimum absolute atomic E-state index is 0.132. The molecule has 0 fully saturated rings. The summed E-state index contributed by atoms with van der Waals surface area (Å²) in [5, 5.41) is 3.11. The van der Waals surface area contributed by atoms with Crippen molar-refractivity contribution in [2.45, 2.75) is 19.0 Å². The van der Waals surface area contributed by atoms with E-state index in [1.54, 1.807) is 14.2 Å². The van der Waals surface area contributed by atoms with Crippen LogP contribution in [-0.4, -0.2) is 58.4 Å². The van der Waals surface area contributed by atoms with Crippen LogP contribution in [-0.2, 0) is 4.74 Å². The minimum Gasteiger partial charge on any atom is -0.497 e. The van der Waals surface area contributed by atoms with E-state index in [-0.39, 0.29) is 12.1 Å². The maximum Gasteiger partial charge on any atom is 0.188 e. The lowest BCUT2D eigenvalue weighted by molar-refractivity contribution is 0.179. The Kier molecular flexibility index (Phi) is 7.70. The lowest BCUT2D eigenvalue weighted by atomic mass is 10.1. The zero-order valence-electron chi connectivity index (χ0n) is 14.2. The molecule has 0 aliphatic heterocycles. The Hall–Kier alpha value is -1.79. The number of ether oxygens (including phenoxy) is 2. The van der Waals surface area contributed by atoms with E-state index < -0.39 is 0 Å². The van der Waals surface area contributed by atoms with E-state index >= 15 is 0 Å². The quantitative estimate of drug-likeness (QED) is 0.558. The summed E-state index contributed by atoms with van der Waals surface area (Å²) >= 11 is 0. The number of nitrogens with one attached hydrogen (secondary N) is 1. The van der Waals surface area contributed by atoms with Crippen LogP contribution in [0.15, 0.2) is 29.3 Å². The SMILES string of the molecule is COCC(C)NC(N)=NCC(c1ccc(OC)cc1)N(C)C. The van der Waals surface area contributed by atoms with Gasteiger partial charge in [-0.2, -0.15) is 0 Å². The van der Waals surface area contributed by atoms with E-state index in [0.29, 0.717) is 19.1 Å². The maximum atomic E-state index is 5.92. The van der Waals surface area contributed by atoms with Crippen LogP contribution in [0.2, 0.25) is 0 Å². The van der Waals surface area contributed by atoms with E-state index in [9.17, 15) is 0 Å². The summed E-state index contributed by atoms with van der Waals surface area (Å²) in [6.45, 7) is 3.17. The van der Waals surface area contributed by atoms with Gasteiger partial charge >= 0.3 is 0 Å². The molecule has 6 nitrogen and oxygen atoms in total. The van der Waals surface area contributed by atoms with Gasteiger partial charge in [-0.1, -0.05) is 12.1 Å². The van der Waals surface area contributed by atoms with Crippen molar-refractivity contribution in [3.63, 3.8) is 0 Å². The van der Waals surface area contributed by atoms with Crippen LogP contribution in [0.1, 0.15) is 18.5 Å². The fourth-order valence-electron chi connectivity index (χ4n) is 2.17. The van der Waals surface area contributed by atoms with Crippen molar-refractivity contribution in [3.05, 3.63) is 29.8 Å². The summed E-state index contributed by atoms with van der Waals surface area (Å²) in [5.41, 5.74) is 7.10. The smallest absolute Gasteiger partial charge is 0.188 e. The normalized spacial score (nSPS) is 14.7. The largest absolute Gasteiger partial charge is 0.497 e. The number of guanidine groups is 1. The third-order valence-corrected chi connectivity index (χ3v) is 3.37. The molecule has 1 aromatic rings. The lowest BCUT2D eigenvalue weighted by Crippen LogP contribution is -2.41. The van der Waals surface area contributed by atoms with Crippen molar-refractivity contribution in [1.29, 1.82) is 0 Å². The fourth-order valence-corrected chi connectivity index (χ4v) is 2.17. The molecule has 2 unspecified atom stereocenters. The Morgan fingerprint density at radius 1 is 1.27 bits per heavy atom. The monoisotopic (exact) mass is 308 g/mol. The molecule has 0 saturated carbocycles. The Morgan fingerprint density at radius 3 is 2.41 bits per heavy atom. The summed E-state index contributed by atoms with van der Waals surface area (Å²) < 4.78 is 10.3. The van der Waals surface area contributed by atoms with Crippen molar-refractivity contribution < 1.29 is 9.47 Å². The van der Waals surface area contributed by atoms with Crippen molar-refractivity contribution >= 4 is 5.96 Å². The van der Waals surface area contributed by atoms with Crippen LogP contribution >= 0.6 is 0 Å². The third kappa shape index (κ3) is 5.91. The average Bonchev–Trinajstić information content (AvgIpc) is 2.48. The zero-order valence-corrected chi connectivity index (χ0v) is 14.2. The number of nitrogens with two attached hydrogens (primary N) is 1. The summed E-state index contributed by atoms with van der Waals surface area (Å²) in [5.74, 6) is 1.28. The summed E-state index contributed by atoms with van der Waals surface area (Å²) in [7, 11) is 7.39. The summed E-state index contributed by atoms with van der Waals surface area (Å²) in [6, 6.07) is 8.30. The molecule has 22 heavy (non-hydrogen) atoms. The van der Waals surface area contributed by atoms with Crippen LogP contribution in [0.3, 0.4) is 0 Å². The van der Waals surface area contributed by atoms with Crippen molar-refractivity contribution in [1.82, 2.24) is 10.2 Å². The van der Waals surface area contributed by atoms with Gasteiger partial charge in [0.15, 0.2) is 5.96 Å². The standard InChI is InChI=1S/C16H28N4O2/c1-12(11-21-4)19-16(17)18-10-15(20(2)3)13-6-8-14(22-5)9-7-13/h6-9,12,15H,10-11H2,1-5H3,(H3,17,18,19). The fraction of sp³-hybridized carbons (Fsp3) is 0.562. The highest BCUT2D eigenvalue weighted by molar-refractivity contribution is 5.78. The van der Waals surface area contributed by atoms with Gasteiger partial charge in [-0.25, -0.2) is 0 Å². The van der Waals surface area contributed by atoms with Gasteiger partial charge in [0.1, 0.15) is 5.75 Å². The second-order valence-electron chi connectivity index (χ2n) is 5.48. The maximum absolute atomic E-state index is 5.92. The molecule has 0 aliphatic rings. The van der Waals surface area contributed by atoms with Gasteiger partial charge in [0, 0.05) is 13.2 Å². The van der Waals surface area contributed by atoms with E-state index in [1.165, 1.54) is 5.56 Å². The highest BCUT2D eigenvalue weighted by Crippen LogP contribution is 2.21. The van der Waals surface area contributed by atoms with Gasteiger partial charge in [0.05, 0.1) is 26.3 Å². The molecule has 2 atom stereocenters. The number of benzene rings is 1. The number of likely N-dealkylation sites (N-methyl/N-ethyl adjacent to an activating group) is 1. The van der Waals surface area contributed by atoms with Gasteiger partial charge < -0.3 is 25.4 Å². The molecule has 124 valence electrons. The van der Waals surface area contributed by atoms with Gasteiger partial charge in [-0.3, -0.25) is 4.99 Å². The van der Waals surface area contributed by atoms with Crippen molar-refractivity contribution in [2.24, 2.45) is 10.7 Å². The third-order valence-electron chi connectivity index (χ3n) is 3.37. The van der Waals surface area contributed by atoms with E-state index in [2.05, 4.69) is 27.3 Å². The highest BCUT2D eigenvalue weighted by Gasteiger charge is 2.14. The van der Waals surface area contributed by atoms with Crippen molar-refractivity contribution in [3.8, 4) is 5.75 Å². The topological polar surface area (TPSA) is 72.1 Å². The number of hydrogen-bond donors (Lipinski definition) is 2. The minimum atomic E-state index is 0.132. The number of rotatable bonds is 8. The van der Waals surface area contributed by atoms with Gasteiger partial charge in [0.2, 0.25) is 0 Å². The van der Waals surface area contributed by atoms with Gasteiger partial charge in [-0.05, 0) is 38.7 Å². The van der Waals surface area contributed by atoms with Crippen LogP contribution in [0.25, 0.3) is 0 Å². The Balaban J connectivity index is 2.71. The molecule has 0 aromatic heterocycles. The molecule has 0 saturated heterocycles. The molecule has 3 N–H and O–H groups in total. The second-order valence-corrected chi connectivity index (χ2v) is 5.48. The first-order valence-corrected chi connectivity index (χ1v) is 7.33. The molecular weight excluding hydrogens is 280 g/mol. The first-order chi connectivity index (χ1) is 10.5. The van der Waals surface area contributed by atoms with E-state index in [4.69, 9.17) is 15.2 Å². The van der Waals surface area contributed by atoms with E-state index in [0.717, 1.165) is 5.75 Å². The summed E-state index contributed by atoms with van der Waals surface area (Å²) in [4.78, 5) is 6.56. The second kappa shape index (κ2) is 9.27. The number of aliphatic imine (C=N–C) groups is 1. The predicted molar refractivity (Wildman–Crippen MR) is 90.4 cm³/mol. The number of nitrogens with zero attached hydrogens (tertiary/aromatic N) is 2. The predicted octanol–water partition coefficient (Wildman–Crippen LogP) is 1.24. The molecule has 0 amide bonds. The molecule has 0 bridgehead atoms. The number of methoxy groups -OCH3 is 2.